The molecule has 7 heteroatoms. The summed E-state index contributed by atoms with van der Waals surface area (Å²) in [7, 11) is -2.89. The SMILES string of the molecule is N#Cc1ccc2nnn(C3CCS(=O)(=O)CC3)c2c1. The van der Waals surface area contributed by atoms with Gasteiger partial charge in [-0.2, -0.15) is 5.26 Å². The highest BCUT2D eigenvalue weighted by Crippen LogP contribution is 2.26. The second-order valence-electron chi connectivity index (χ2n) is 4.73. The second kappa shape index (κ2) is 4.31. The fraction of sp³-hybridized carbons (Fsp3) is 0.417. The van der Waals surface area contributed by atoms with Gasteiger partial charge in [-0.25, -0.2) is 13.1 Å². The summed E-state index contributed by atoms with van der Waals surface area (Å²) in [6.45, 7) is 0. The van der Waals surface area contributed by atoms with Gasteiger partial charge in [0.05, 0.1) is 34.7 Å². The Morgan fingerprint density at radius 2 is 2.05 bits per heavy atom. The Kier molecular flexibility index (Phi) is 2.75. The molecule has 19 heavy (non-hydrogen) atoms. The maximum atomic E-state index is 11.4. The van der Waals surface area contributed by atoms with Crippen molar-refractivity contribution in [1.82, 2.24) is 15.0 Å². The molecule has 1 aliphatic heterocycles. The lowest BCUT2D eigenvalue weighted by Gasteiger charge is -2.22. The van der Waals surface area contributed by atoms with Crippen LogP contribution in [0.3, 0.4) is 0 Å². The molecule has 0 unspecified atom stereocenters. The number of benzene rings is 1. The van der Waals surface area contributed by atoms with Crippen LogP contribution in [0.5, 0.6) is 0 Å². The zero-order valence-electron chi connectivity index (χ0n) is 10.2. The fourth-order valence-electron chi connectivity index (χ4n) is 2.40. The molecule has 98 valence electrons. The number of hydrogen-bond acceptors (Lipinski definition) is 5. The van der Waals surface area contributed by atoms with Gasteiger partial charge >= 0.3 is 0 Å². The first kappa shape index (κ1) is 12.1. The topological polar surface area (TPSA) is 88.6 Å². The molecule has 0 saturated carbocycles. The first-order valence-electron chi connectivity index (χ1n) is 6.04. The molecule has 0 bridgehead atoms. The number of nitrogens with zero attached hydrogens (tertiary/aromatic N) is 4. The summed E-state index contributed by atoms with van der Waals surface area (Å²) in [5.74, 6) is 0.383. The van der Waals surface area contributed by atoms with Gasteiger partial charge in [-0.3, -0.25) is 0 Å². The number of hydrogen-bond donors (Lipinski definition) is 0. The normalized spacial score (nSPS) is 19.3. The Hall–Kier alpha value is -1.94. The van der Waals surface area contributed by atoms with Gasteiger partial charge in [-0.1, -0.05) is 5.21 Å². The summed E-state index contributed by atoms with van der Waals surface area (Å²) < 4.78 is 24.6. The number of rotatable bonds is 1. The van der Waals surface area contributed by atoms with Gasteiger partial charge in [0, 0.05) is 0 Å². The predicted molar refractivity (Wildman–Crippen MR) is 69.2 cm³/mol. The van der Waals surface area contributed by atoms with Crippen LogP contribution in [0.4, 0.5) is 0 Å². The van der Waals surface area contributed by atoms with E-state index in [1.165, 1.54) is 0 Å². The molecule has 0 aliphatic carbocycles. The van der Waals surface area contributed by atoms with E-state index in [1.807, 2.05) is 0 Å². The summed E-state index contributed by atoms with van der Waals surface area (Å²) in [6.07, 6.45) is 1.11. The lowest BCUT2D eigenvalue weighted by Crippen LogP contribution is -2.26. The van der Waals surface area contributed by atoms with E-state index in [9.17, 15) is 8.42 Å². The fourth-order valence-corrected chi connectivity index (χ4v) is 3.86. The van der Waals surface area contributed by atoms with Crippen LogP contribution in [0.15, 0.2) is 18.2 Å². The first-order chi connectivity index (χ1) is 9.09. The lowest BCUT2D eigenvalue weighted by molar-refractivity contribution is 0.415. The highest BCUT2D eigenvalue weighted by atomic mass is 32.2. The van der Waals surface area contributed by atoms with Crippen molar-refractivity contribution < 1.29 is 8.42 Å². The van der Waals surface area contributed by atoms with Gasteiger partial charge in [0.2, 0.25) is 0 Å². The molecule has 1 saturated heterocycles. The van der Waals surface area contributed by atoms with E-state index in [1.54, 1.807) is 22.9 Å². The van der Waals surface area contributed by atoms with Crippen molar-refractivity contribution in [1.29, 1.82) is 5.26 Å². The van der Waals surface area contributed by atoms with Crippen LogP contribution in [-0.4, -0.2) is 34.9 Å². The molecule has 1 aromatic heterocycles. The van der Waals surface area contributed by atoms with Crippen molar-refractivity contribution in [2.45, 2.75) is 18.9 Å². The average molecular weight is 276 g/mol. The maximum Gasteiger partial charge on any atom is 0.150 e. The first-order valence-corrected chi connectivity index (χ1v) is 7.87. The van der Waals surface area contributed by atoms with Crippen molar-refractivity contribution in [3.05, 3.63) is 23.8 Å². The zero-order chi connectivity index (χ0) is 13.5. The molecule has 1 fully saturated rings. The third-order valence-electron chi connectivity index (χ3n) is 3.47. The van der Waals surface area contributed by atoms with E-state index in [0.717, 1.165) is 11.0 Å². The van der Waals surface area contributed by atoms with E-state index >= 15 is 0 Å². The van der Waals surface area contributed by atoms with Crippen molar-refractivity contribution >= 4 is 20.9 Å². The van der Waals surface area contributed by atoms with Gasteiger partial charge in [-0.05, 0) is 31.0 Å². The molecule has 0 N–H and O–H groups in total. The number of nitriles is 1. The summed E-state index contributed by atoms with van der Waals surface area (Å²) in [5.41, 5.74) is 2.08. The van der Waals surface area contributed by atoms with Gasteiger partial charge in [-0.15, -0.1) is 5.10 Å². The Balaban J connectivity index is 2.00. The van der Waals surface area contributed by atoms with E-state index in [0.29, 0.717) is 18.4 Å². The maximum absolute atomic E-state index is 11.4. The zero-order valence-corrected chi connectivity index (χ0v) is 11.0. The molecule has 0 radical (unpaired) electrons. The smallest absolute Gasteiger partial charge is 0.150 e. The molecular formula is C12H12N4O2S. The monoisotopic (exact) mass is 276 g/mol. The Morgan fingerprint density at radius 3 is 2.74 bits per heavy atom. The standard InChI is InChI=1S/C12H12N4O2S/c13-8-9-1-2-11-12(7-9)16(15-14-11)10-3-5-19(17,18)6-4-10/h1-2,7,10H,3-6H2. The third kappa shape index (κ3) is 2.19. The minimum atomic E-state index is -2.89. The molecule has 0 spiro atoms. The molecule has 2 heterocycles. The quantitative estimate of drug-likeness (QED) is 0.776. The second-order valence-corrected chi connectivity index (χ2v) is 7.04. The van der Waals surface area contributed by atoms with Crippen LogP contribution >= 0.6 is 0 Å². The van der Waals surface area contributed by atoms with Crippen LogP contribution in [0.25, 0.3) is 11.0 Å². The van der Waals surface area contributed by atoms with Crippen LogP contribution in [0.1, 0.15) is 24.4 Å². The minimum absolute atomic E-state index is 0.0440. The van der Waals surface area contributed by atoms with Crippen LogP contribution in [-0.2, 0) is 9.84 Å². The highest BCUT2D eigenvalue weighted by molar-refractivity contribution is 7.91. The van der Waals surface area contributed by atoms with Crippen LogP contribution in [0.2, 0.25) is 0 Å². The molecule has 1 aliphatic rings. The van der Waals surface area contributed by atoms with E-state index in [4.69, 9.17) is 5.26 Å². The van der Waals surface area contributed by atoms with Crippen molar-refractivity contribution in [3.8, 4) is 6.07 Å². The van der Waals surface area contributed by atoms with Crippen LogP contribution in [0, 0.1) is 11.3 Å². The number of aromatic nitrogens is 3. The van der Waals surface area contributed by atoms with E-state index in [2.05, 4.69) is 16.4 Å². The lowest BCUT2D eigenvalue weighted by atomic mass is 10.1. The van der Waals surface area contributed by atoms with Crippen LogP contribution < -0.4 is 0 Å². The van der Waals surface area contributed by atoms with Gasteiger partial charge in [0.15, 0.2) is 0 Å². The summed E-state index contributed by atoms with van der Waals surface area (Å²) in [6, 6.07) is 7.34. The Morgan fingerprint density at radius 1 is 1.32 bits per heavy atom. The van der Waals surface area contributed by atoms with Gasteiger partial charge in [0.1, 0.15) is 15.4 Å². The predicted octanol–water partition coefficient (Wildman–Crippen LogP) is 1.05. The average Bonchev–Trinajstić information content (AvgIpc) is 2.81. The summed E-state index contributed by atoms with van der Waals surface area (Å²) >= 11 is 0. The highest BCUT2D eigenvalue weighted by Gasteiger charge is 2.26. The van der Waals surface area contributed by atoms with Crippen molar-refractivity contribution in [2.24, 2.45) is 0 Å². The largest absolute Gasteiger partial charge is 0.241 e. The van der Waals surface area contributed by atoms with Gasteiger partial charge in [0.25, 0.3) is 0 Å². The van der Waals surface area contributed by atoms with Crippen molar-refractivity contribution in [2.75, 3.05) is 11.5 Å². The summed E-state index contributed by atoms with van der Waals surface area (Å²) in [4.78, 5) is 0. The third-order valence-corrected chi connectivity index (χ3v) is 5.19. The molecule has 6 nitrogen and oxygen atoms in total. The van der Waals surface area contributed by atoms with Crippen molar-refractivity contribution in [3.63, 3.8) is 0 Å². The van der Waals surface area contributed by atoms with E-state index in [-0.39, 0.29) is 17.5 Å². The number of sulfone groups is 1. The van der Waals surface area contributed by atoms with Gasteiger partial charge < -0.3 is 0 Å². The molecule has 0 atom stereocenters. The number of fused-ring (bicyclic) bond motifs is 1. The molecular weight excluding hydrogens is 264 g/mol. The minimum Gasteiger partial charge on any atom is -0.241 e. The Bertz CT molecular complexity index is 759. The molecule has 1 aromatic carbocycles. The Labute approximate surface area is 110 Å². The molecule has 0 amide bonds. The van der Waals surface area contributed by atoms with E-state index < -0.39 is 9.84 Å². The summed E-state index contributed by atoms with van der Waals surface area (Å²) in [5, 5.41) is 17.1. The molecule has 3 rings (SSSR count). The molecule has 2 aromatic rings.